The molecule has 0 aromatic rings. The van der Waals surface area contributed by atoms with Crippen molar-refractivity contribution < 1.29 is 0 Å². The van der Waals surface area contributed by atoms with E-state index in [4.69, 9.17) is 0 Å². The summed E-state index contributed by atoms with van der Waals surface area (Å²) in [6.07, 6.45) is 17.2. The van der Waals surface area contributed by atoms with Crippen molar-refractivity contribution in [1.29, 1.82) is 0 Å². The third-order valence-corrected chi connectivity index (χ3v) is 4.34. The van der Waals surface area contributed by atoms with E-state index in [9.17, 15) is 0 Å². The first kappa shape index (κ1) is 18.7. The highest BCUT2D eigenvalue weighted by Gasteiger charge is 2.10. The molecule has 0 heteroatoms. The fourth-order valence-corrected chi connectivity index (χ4v) is 2.49. The molecule has 0 spiro atoms. The van der Waals surface area contributed by atoms with Gasteiger partial charge in [0.05, 0.1) is 0 Å². The van der Waals surface area contributed by atoms with Crippen LogP contribution < -0.4 is 0 Å². The highest BCUT2D eigenvalue weighted by atomic mass is 14.2. The van der Waals surface area contributed by atoms with Crippen molar-refractivity contribution >= 4 is 0 Å². The third-order valence-electron chi connectivity index (χ3n) is 4.34. The number of unbranched alkanes of at least 4 members (excludes halogenated alkanes) is 6. The maximum atomic E-state index is 2.42. The van der Waals surface area contributed by atoms with Gasteiger partial charge in [-0.25, -0.2) is 0 Å². The molecule has 0 rings (SSSR count). The maximum Gasteiger partial charge on any atom is -0.0325 e. The van der Waals surface area contributed by atoms with Crippen molar-refractivity contribution in [3.8, 4) is 0 Å². The standard InChI is InChI=1S/C19H38/c1-6-7-8-9-10-11-12-13-14-15-18(4)16-19(5)17(2)3/h13-14,17-19H,6-12,15-16H2,1-5H3. The first-order valence-corrected chi connectivity index (χ1v) is 8.72. The van der Waals surface area contributed by atoms with Crippen LogP contribution in [0.15, 0.2) is 12.2 Å². The quantitative estimate of drug-likeness (QED) is 0.263. The molecule has 0 amide bonds. The molecule has 2 unspecified atom stereocenters. The van der Waals surface area contributed by atoms with Crippen molar-refractivity contribution in [2.75, 3.05) is 0 Å². The van der Waals surface area contributed by atoms with Crippen LogP contribution in [-0.4, -0.2) is 0 Å². The van der Waals surface area contributed by atoms with Crippen molar-refractivity contribution in [1.82, 2.24) is 0 Å². The summed E-state index contributed by atoms with van der Waals surface area (Å²) in [5, 5.41) is 0. The molecule has 0 heterocycles. The van der Waals surface area contributed by atoms with Gasteiger partial charge in [-0.05, 0) is 43.4 Å². The number of rotatable bonds is 12. The third kappa shape index (κ3) is 12.5. The lowest BCUT2D eigenvalue weighted by atomic mass is 9.87. The first-order chi connectivity index (χ1) is 9.07. The predicted octanol–water partition coefficient (Wildman–Crippen LogP) is 7.00. The fourth-order valence-electron chi connectivity index (χ4n) is 2.49. The van der Waals surface area contributed by atoms with Crippen molar-refractivity contribution in [2.24, 2.45) is 17.8 Å². The van der Waals surface area contributed by atoms with Gasteiger partial charge in [-0.3, -0.25) is 0 Å². The van der Waals surface area contributed by atoms with E-state index >= 15 is 0 Å². The van der Waals surface area contributed by atoms with Gasteiger partial charge in [-0.2, -0.15) is 0 Å². The topological polar surface area (TPSA) is 0 Å². The minimum atomic E-state index is 0.828. The van der Waals surface area contributed by atoms with E-state index < -0.39 is 0 Å². The van der Waals surface area contributed by atoms with Gasteiger partial charge >= 0.3 is 0 Å². The summed E-state index contributed by atoms with van der Waals surface area (Å²) in [5.41, 5.74) is 0. The van der Waals surface area contributed by atoms with Gasteiger partial charge < -0.3 is 0 Å². The average molecular weight is 267 g/mol. The van der Waals surface area contributed by atoms with Crippen LogP contribution in [-0.2, 0) is 0 Å². The molecule has 0 aliphatic carbocycles. The maximum absolute atomic E-state index is 2.42. The van der Waals surface area contributed by atoms with Crippen molar-refractivity contribution in [2.45, 2.75) is 92.4 Å². The van der Waals surface area contributed by atoms with Crippen LogP contribution in [0, 0.1) is 17.8 Å². The summed E-state index contributed by atoms with van der Waals surface area (Å²) in [5.74, 6) is 2.54. The van der Waals surface area contributed by atoms with Crippen LogP contribution in [0.5, 0.6) is 0 Å². The number of allylic oxidation sites excluding steroid dienone is 2. The van der Waals surface area contributed by atoms with Gasteiger partial charge in [0.1, 0.15) is 0 Å². The molecular weight excluding hydrogens is 228 g/mol. The van der Waals surface area contributed by atoms with Gasteiger partial charge in [0.25, 0.3) is 0 Å². The van der Waals surface area contributed by atoms with Gasteiger partial charge in [-0.15, -0.1) is 0 Å². The van der Waals surface area contributed by atoms with Gasteiger partial charge in [0, 0.05) is 0 Å². The van der Waals surface area contributed by atoms with E-state index in [1.807, 2.05) is 0 Å². The predicted molar refractivity (Wildman–Crippen MR) is 89.5 cm³/mol. The molecule has 114 valence electrons. The van der Waals surface area contributed by atoms with E-state index in [1.54, 1.807) is 0 Å². The minimum absolute atomic E-state index is 0.828. The van der Waals surface area contributed by atoms with E-state index in [0.717, 1.165) is 17.8 Å². The highest BCUT2D eigenvalue weighted by molar-refractivity contribution is 4.83. The molecular formula is C19H38. The zero-order valence-corrected chi connectivity index (χ0v) is 14.3. The summed E-state index contributed by atoms with van der Waals surface area (Å²) in [6, 6.07) is 0. The Labute approximate surface area is 123 Å². The van der Waals surface area contributed by atoms with Crippen LogP contribution in [0.3, 0.4) is 0 Å². The molecule has 0 nitrogen and oxygen atoms in total. The molecule has 0 fully saturated rings. The Morgan fingerprint density at radius 3 is 2.05 bits per heavy atom. The lowest BCUT2D eigenvalue weighted by Gasteiger charge is -2.19. The van der Waals surface area contributed by atoms with Gasteiger partial charge in [0.2, 0.25) is 0 Å². The van der Waals surface area contributed by atoms with Crippen LogP contribution in [0.4, 0.5) is 0 Å². The zero-order chi connectivity index (χ0) is 14.5. The number of hydrogen-bond acceptors (Lipinski definition) is 0. The van der Waals surface area contributed by atoms with E-state index in [1.165, 1.54) is 57.8 Å². The molecule has 0 radical (unpaired) electrons. The molecule has 0 aliphatic rings. The van der Waals surface area contributed by atoms with E-state index in [-0.39, 0.29) is 0 Å². The van der Waals surface area contributed by atoms with Gasteiger partial charge in [-0.1, -0.05) is 78.9 Å². The normalized spacial score (nSPS) is 15.3. The largest absolute Gasteiger partial charge is 0.0885 e. The van der Waals surface area contributed by atoms with Crippen LogP contribution in [0.1, 0.15) is 92.4 Å². The molecule has 0 saturated carbocycles. The molecule has 0 aromatic heterocycles. The molecule has 2 atom stereocenters. The molecule has 0 N–H and O–H groups in total. The SMILES string of the molecule is CCCCCCCCC=CCC(C)CC(C)C(C)C. The Bertz CT molecular complexity index is 202. The molecule has 0 aromatic carbocycles. The summed E-state index contributed by atoms with van der Waals surface area (Å²) in [7, 11) is 0. The smallest absolute Gasteiger partial charge is 0.0325 e. The van der Waals surface area contributed by atoms with Gasteiger partial charge in [0.15, 0.2) is 0 Å². The minimum Gasteiger partial charge on any atom is -0.0885 e. The Kier molecular flexibility index (Phi) is 12.6. The van der Waals surface area contributed by atoms with Crippen molar-refractivity contribution in [3.05, 3.63) is 12.2 Å². The summed E-state index contributed by atoms with van der Waals surface area (Å²) >= 11 is 0. The second-order valence-corrected chi connectivity index (χ2v) is 6.83. The number of hydrogen-bond donors (Lipinski definition) is 0. The molecule has 0 bridgehead atoms. The second-order valence-electron chi connectivity index (χ2n) is 6.83. The Morgan fingerprint density at radius 2 is 1.42 bits per heavy atom. The van der Waals surface area contributed by atoms with Crippen molar-refractivity contribution in [3.63, 3.8) is 0 Å². The fraction of sp³-hybridized carbons (Fsp3) is 0.895. The Hall–Kier alpha value is -0.260. The summed E-state index contributed by atoms with van der Waals surface area (Å²) < 4.78 is 0. The molecule has 0 aliphatic heterocycles. The summed E-state index contributed by atoms with van der Waals surface area (Å²) in [6.45, 7) is 11.7. The average Bonchev–Trinajstić information content (AvgIpc) is 2.36. The Morgan fingerprint density at radius 1 is 0.789 bits per heavy atom. The second kappa shape index (κ2) is 12.8. The lowest BCUT2D eigenvalue weighted by molar-refractivity contribution is 0.333. The molecule has 19 heavy (non-hydrogen) atoms. The van der Waals surface area contributed by atoms with Crippen LogP contribution >= 0.6 is 0 Å². The Balaban J connectivity index is 3.42. The van der Waals surface area contributed by atoms with Crippen LogP contribution in [0.2, 0.25) is 0 Å². The monoisotopic (exact) mass is 266 g/mol. The zero-order valence-electron chi connectivity index (χ0n) is 14.3. The first-order valence-electron chi connectivity index (χ1n) is 8.72. The summed E-state index contributed by atoms with van der Waals surface area (Å²) in [4.78, 5) is 0. The van der Waals surface area contributed by atoms with Crippen LogP contribution in [0.25, 0.3) is 0 Å². The van der Waals surface area contributed by atoms with E-state index in [0.29, 0.717) is 0 Å². The highest BCUT2D eigenvalue weighted by Crippen LogP contribution is 2.21. The molecule has 0 saturated heterocycles. The van der Waals surface area contributed by atoms with E-state index in [2.05, 4.69) is 46.8 Å². The lowest BCUT2D eigenvalue weighted by Crippen LogP contribution is -2.08.